The fourth-order valence-corrected chi connectivity index (χ4v) is 5.13. The van der Waals surface area contributed by atoms with E-state index < -0.39 is 16.1 Å². The second kappa shape index (κ2) is 6.97. The van der Waals surface area contributed by atoms with Gasteiger partial charge in [0.05, 0.1) is 0 Å². The highest BCUT2D eigenvalue weighted by Gasteiger charge is 2.33. The molecule has 7 nitrogen and oxygen atoms in total. The van der Waals surface area contributed by atoms with Crippen molar-refractivity contribution in [2.45, 2.75) is 37.6 Å². The molecule has 136 valence electrons. The third-order valence-electron chi connectivity index (χ3n) is 4.03. The molecule has 3 N–H and O–H groups in total. The van der Waals surface area contributed by atoms with Gasteiger partial charge in [0.15, 0.2) is 0 Å². The highest BCUT2D eigenvalue weighted by Crippen LogP contribution is 2.35. The van der Waals surface area contributed by atoms with Crippen molar-refractivity contribution in [3.05, 3.63) is 22.7 Å². The van der Waals surface area contributed by atoms with Gasteiger partial charge in [0.2, 0.25) is 10.0 Å². The summed E-state index contributed by atoms with van der Waals surface area (Å²) in [7, 11) is -3.70. The van der Waals surface area contributed by atoms with Gasteiger partial charge in [0, 0.05) is 34.5 Å². The number of rotatable bonds is 4. The number of anilines is 1. The van der Waals surface area contributed by atoms with E-state index in [0.717, 1.165) is 17.3 Å². The molecule has 2 heterocycles. The molecule has 1 aromatic carbocycles. The number of aromatic nitrogens is 1. The van der Waals surface area contributed by atoms with Gasteiger partial charge in [0.25, 0.3) is 0 Å². The normalized spacial score (nSPS) is 15.8. The smallest absolute Gasteiger partial charge is 0.320 e. The second-order valence-electron chi connectivity index (χ2n) is 6.38. The zero-order chi connectivity index (χ0) is 18.2. The third kappa shape index (κ3) is 3.68. The second-order valence-corrected chi connectivity index (χ2v) is 9.17. The number of amides is 2. The van der Waals surface area contributed by atoms with Gasteiger partial charge >= 0.3 is 6.03 Å². The number of urea groups is 1. The largest absolute Gasteiger partial charge is 0.340 e. The molecule has 1 aliphatic rings. The number of aromatic amines is 1. The summed E-state index contributed by atoms with van der Waals surface area (Å²) in [6.45, 7) is 4.68. The minimum atomic E-state index is -3.70. The van der Waals surface area contributed by atoms with Crippen LogP contribution >= 0.6 is 15.9 Å². The van der Waals surface area contributed by atoms with E-state index in [4.69, 9.17) is 0 Å². The Hall–Kier alpha value is -1.58. The molecule has 0 saturated carbocycles. The summed E-state index contributed by atoms with van der Waals surface area (Å²) in [5.41, 5.74) is 0.654. The maximum absolute atomic E-state index is 13.2. The third-order valence-corrected chi connectivity index (χ3v) is 6.51. The van der Waals surface area contributed by atoms with Crippen LogP contribution in [0.4, 0.5) is 10.6 Å². The Morgan fingerprint density at radius 1 is 1.28 bits per heavy atom. The molecule has 0 aliphatic carbocycles. The average molecular weight is 429 g/mol. The minimum absolute atomic E-state index is 0.0582. The maximum Gasteiger partial charge on any atom is 0.320 e. The molecule has 0 spiro atoms. The first-order valence-corrected chi connectivity index (χ1v) is 10.4. The molecular formula is C16H21BrN4O3S. The van der Waals surface area contributed by atoms with Gasteiger partial charge in [-0.1, -0.05) is 15.9 Å². The Balaban J connectivity index is 2.11. The molecule has 9 heteroatoms. The monoisotopic (exact) mass is 428 g/mol. The van der Waals surface area contributed by atoms with Gasteiger partial charge in [-0.3, -0.25) is 5.32 Å². The van der Waals surface area contributed by atoms with Gasteiger partial charge in [-0.25, -0.2) is 13.2 Å². The molecule has 2 amide bonds. The SMILES string of the molecule is CC(C)NC(=O)Nc1[nH]c2ccc(Br)cc2c1S(=O)(=O)N1CCCC1. The van der Waals surface area contributed by atoms with Crippen LogP contribution in [0.25, 0.3) is 10.9 Å². The van der Waals surface area contributed by atoms with E-state index in [-0.39, 0.29) is 16.8 Å². The van der Waals surface area contributed by atoms with E-state index in [0.29, 0.717) is 24.0 Å². The van der Waals surface area contributed by atoms with Crippen LogP contribution in [0.3, 0.4) is 0 Å². The summed E-state index contributed by atoms with van der Waals surface area (Å²) in [6.07, 6.45) is 1.70. The molecule has 0 atom stereocenters. The first-order valence-electron chi connectivity index (χ1n) is 8.18. The van der Waals surface area contributed by atoms with Gasteiger partial charge in [-0.2, -0.15) is 4.31 Å². The van der Waals surface area contributed by atoms with Crippen LogP contribution in [0.5, 0.6) is 0 Å². The Bertz CT molecular complexity index is 901. The quantitative estimate of drug-likeness (QED) is 0.697. The summed E-state index contributed by atoms with van der Waals surface area (Å²) in [6, 6.07) is 4.85. The highest BCUT2D eigenvalue weighted by molar-refractivity contribution is 9.10. The summed E-state index contributed by atoms with van der Waals surface area (Å²) in [5.74, 6) is 0.193. The van der Waals surface area contributed by atoms with E-state index in [1.165, 1.54) is 4.31 Å². The number of carbonyl (C=O) groups excluding carboxylic acids is 1. The number of hydrogen-bond donors (Lipinski definition) is 3. The molecule has 3 rings (SSSR count). The number of sulfonamides is 1. The number of benzene rings is 1. The van der Waals surface area contributed by atoms with Gasteiger partial charge in [0.1, 0.15) is 10.7 Å². The molecule has 0 radical (unpaired) electrons. The van der Waals surface area contributed by atoms with Crippen LogP contribution in [0.15, 0.2) is 27.6 Å². The topological polar surface area (TPSA) is 94.3 Å². The Labute approximate surface area is 155 Å². The fraction of sp³-hybridized carbons (Fsp3) is 0.438. The molecule has 1 saturated heterocycles. The first-order chi connectivity index (χ1) is 11.8. The van der Waals surface area contributed by atoms with Crippen molar-refractivity contribution < 1.29 is 13.2 Å². The summed E-state index contributed by atoms with van der Waals surface area (Å²) in [4.78, 5) is 15.2. The molecule has 25 heavy (non-hydrogen) atoms. The van der Waals surface area contributed by atoms with Crippen molar-refractivity contribution in [3.8, 4) is 0 Å². The molecule has 2 aromatic rings. The lowest BCUT2D eigenvalue weighted by Crippen LogP contribution is -2.35. The lowest BCUT2D eigenvalue weighted by atomic mass is 10.2. The van der Waals surface area contributed by atoms with Crippen LogP contribution in [0.2, 0.25) is 0 Å². The molecular weight excluding hydrogens is 408 g/mol. The van der Waals surface area contributed by atoms with Crippen LogP contribution < -0.4 is 10.6 Å². The lowest BCUT2D eigenvalue weighted by Gasteiger charge is -2.17. The van der Waals surface area contributed by atoms with Crippen molar-refractivity contribution in [2.24, 2.45) is 0 Å². The first kappa shape index (κ1) is 18.2. The van der Waals surface area contributed by atoms with Crippen molar-refractivity contribution in [1.82, 2.24) is 14.6 Å². The van der Waals surface area contributed by atoms with Gasteiger partial charge in [-0.15, -0.1) is 0 Å². The molecule has 0 bridgehead atoms. The number of hydrogen-bond acceptors (Lipinski definition) is 3. The Kier molecular flexibility index (Phi) is 5.08. The number of fused-ring (bicyclic) bond motifs is 1. The maximum atomic E-state index is 13.2. The van der Waals surface area contributed by atoms with E-state index >= 15 is 0 Å². The van der Waals surface area contributed by atoms with Gasteiger partial charge in [-0.05, 0) is 44.9 Å². The number of carbonyl (C=O) groups is 1. The number of halogens is 1. The number of H-pyrrole nitrogens is 1. The van der Waals surface area contributed by atoms with Crippen LogP contribution in [-0.4, -0.2) is 42.9 Å². The number of nitrogens with zero attached hydrogens (tertiary/aromatic N) is 1. The average Bonchev–Trinajstić information content (AvgIpc) is 3.13. The van der Waals surface area contributed by atoms with Crippen molar-refractivity contribution in [2.75, 3.05) is 18.4 Å². The van der Waals surface area contributed by atoms with E-state index in [1.54, 1.807) is 12.1 Å². The van der Waals surface area contributed by atoms with Crippen LogP contribution in [0.1, 0.15) is 26.7 Å². The summed E-state index contributed by atoms with van der Waals surface area (Å²) < 4.78 is 28.6. The van der Waals surface area contributed by atoms with Crippen molar-refractivity contribution >= 4 is 48.7 Å². The van der Waals surface area contributed by atoms with Crippen molar-refractivity contribution in [1.29, 1.82) is 0 Å². The summed E-state index contributed by atoms with van der Waals surface area (Å²) in [5, 5.41) is 5.92. The standard InChI is InChI=1S/C16H21BrN4O3S/c1-10(2)18-16(22)20-15-14(25(23,24)21-7-3-4-8-21)12-9-11(17)5-6-13(12)19-15/h5-6,9-10,19H,3-4,7-8H2,1-2H3,(H2,18,20,22). The Morgan fingerprint density at radius 3 is 2.60 bits per heavy atom. The molecule has 0 unspecified atom stereocenters. The summed E-state index contributed by atoms with van der Waals surface area (Å²) >= 11 is 3.39. The van der Waals surface area contributed by atoms with E-state index in [1.807, 2.05) is 19.9 Å². The predicted molar refractivity (Wildman–Crippen MR) is 101 cm³/mol. The van der Waals surface area contributed by atoms with Gasteiger partial charge < -0.3 is 10.3 Å². The van der Waals surface area contributed by atoms with E-state index in [2.05, 4.69) is 31.5 Å². The molecule has 1 aliphatic heterocycles. The highest BCUT2D eigenvalue weighted by atomic mass is 79.9. The predicted octanol–water partition coefficient (Wildman–Crippen LogP) is 3.24. The number of nitrogens with one attached hydrogen (secondary N) is 3. The zero-order valence-electron chi connectivity index (χ0n) is 14.1. The van der Waals surface area contributed by atoms with E-state index in [9.17, 15) is 13.2 Å². The Morgan fingerprint density at radius 2 is 1.96 bits per heavy atom. The van der Waals surface area contributed by atoms with Crippen LogP contribution in [0, 0.1) is 0 Å². The zero-order valence-corrected chi connectivity index (χ0v) is 16.5. The fourth-order valence-electron chi connectivity index (χ4n) is 2.96. The van der Waals surface area contributed by atoms with Crippen molar-refractivity contribution in [3.63, 3.8) is 0 Å². The lowest BCUT2D eigenvalue weighted by molar-refractivity contribution is 0.250. The molecule has 1 fully saturated rings. The molecule has 1 aromatic heterocycles. The minimum Gasteiger partial charge on any atom is -0.340 e. The van der Waals surface area contributed by atoms with Crippen LogP contribution in [-0.2, 0) is 10.0 Å².